The van der Waals surface area contributed by atoms with E-state index in [0.717, 1.165) is 12.8 Å². The van der Waals surface area contributed by atoms with Crippen molar-refractivity contribution >= 4 is 11.9 Å². The molecular formula is C13H23NO3. The Morgan fingerprint density at radius 3 is 2.35 bits per heavy atom. The summed E-state index contributed by atoms with van der Waals surface area (Å²) >= 11 is 0. The zero-order valence-electron chi connectivity index (χ0n) is 11.2. The zero-order chi connectivity index (χ0) is 13.4. The lowest BCUT2D eigenvalue weighted by Gasteiger charge is -2.30. The van der Waals surface area contributed by atoms with Crippen LogP contribution in [0.4, 0.5) is 0 Å². The number of nitrogens with one attached hydrogen (secondary N) is 1. The predicted molar refractivity (Wildman–Crippen MR) is 67.4 cm³/mol. The van der Waals surface area contributed by atoms with Gasteiger partial charge >= 0.3 is 5.97 Å². The zero-order valence-corrected chi connectivity index (χ0v) is 11.2. The van der Waals surface area contributed by atoms with E-state index in [1.54, 1.807) is 6.08 Å². The van der Waals surface area contributed by atoms with Crippen molar-refractivity contribution in [3.8, 4) is 0 Å². The molecule has 0 aliphatic carbocycles. The molecule has 0 spiro atoms. The van der Waals surface area contributed by atoms with Crippen LogP contribution < -0.4 is 5.32 Å². The number of amides is 1. The van der Waals surface area contributed by atoms with E-state index in [2.05, 4.69) is 11.9 Å². The Kier molecular flexibility index (Phi) is 7.26. The van der Waals surface area contributed by atoms with E-state index >= 15 is 0 Å². The van der Waals surface area contributed by atoms with Crippen LogP contribution in [0.2, 0.25) is 0 Å². The van der Waals surface area contributed by atoms with Gasteiger partial charge in [-0.1, -0.05) is 26.3 Å². The Hall–Kier alpha value is -1.32. The number of ether oxygens (including phenoxy) is 1. The molecule has 1 N–H and O–H groups in total. The highest BCUT2D eigenvalue weighted by atomic mass is 16.5. The fourth-order valence-electron chi connectivity index (χ4n) is 1.75. The molecule has 0 heterocycles. The Balaban J connectivity index is 4.83. The fourth-order valence-corrected chi connectivity index (χ4v) is 1.75. The molecule has 0 aliphatic heterocycles. The number of hydrogen-bond acceptors (Lipinski definition) is 3. The number of rotatable bonds is 7. The summed E-state index contributed by atoms with van der Waals surface area (Å²) < 4.78 is 5.28. The van der Waals surface area contributed by atoms with Crippen LogP contribution in [0.5, 0.6) is 0 Å². The Labute approximate surface area is 103 Å². The molecule has 0 bridgehead atoms. The molecule has 0 aromatic heterocycles. The van der Waals surface area contributed by atoms with Crippen LogP contribution in [0, 0.1) is 5.92 Å². The van der Waals surface area contributed by atoms with Crippen LogP contribution in [0.3, 0.4) is 0 Å². The molecule has 0 rings (SSSR count). The van der Waals surface area contributed by atoms with Crippen LogP contribution in [-0.2, 0) is 14.3 Å². The van der Waals surface area contributed by atoms with E-state index in [4.69, 9.17) is 4.74 Å². The first-order valence-corrected chi connectivity index (χ1v) is 5.99. The molecule has 0 unspecified atom stereocenters. The molecule has 0 saturated carbocycles. The standard InChI is InChI=1S/C13H23NO3/c1-6-8-12(17-11(5)16)13(9(3)7-2)14-10(4)15/h7,9,12-13H,2,6,8H2,1,3-5H3,(H,14,15)/t9-,12+,13-/m0/s1. The molecule has 0 radical (unpaired) electrons. The lowest BCUT2D eigenvalue weighted by atomic mass is 9.94. The van der Waals surface area contributed by atoms with Gasteiger partial charge in [0, 0.05) is 13.8 Å². The third-order valence-corrected chi connectivity index (χ3v) is 2.60. The maximum Gasteiger partial charge on any atom is 0.302 e. The van der Waals surface area contributed by atoms with E-state index in [1.807, 2.05) is 13.8 Å². The van der Waals surface area contributed by atoms with E-state index in [1.165, 1.54) is 13.8 Å². The highest BCUT2D eigenvalue weighted by Gasteiger charge is 2.27. The van der Waals surface area contributed by atoms with Gasteiger partial charge in [0.05, 0.1) is 6.04 Å². The summed E-state index contributed by atoms with van der Waals surface area (Å²) in [6.07, 6.45) is 3.07. The van der Waals surface area contributed by atoms with Gasteiger partial charge in [-0.3, -0.25) is 9.59 Å². The number of carbonyl (C=O) groups is 2. The second kappa shape index (κ2) is 7.87. The first-order valence-electron chi connectivity index (χ1n) is 5.99. The molecule has 17 heavy (non-hydrogen) atoms. The van der Waals surface area contributed by atoms with Crippen molar-refractivity contribution in [2.24, 2.45) is 5.92 Å². The van der Waals surface area contributed by atoms with E-state index < -0.39 is 0 Å². The molecule has 0 fully saturated rings. The smallest absolute Gasteiger partial charge is 0.302 e. The molecule has 0 aromatic carbocycles. The highest BCUT2D eigenvalue weighted by Crippen LogP contribution is 2.16. The highest BCUT2D eigenvalue weighted by molar-refractivity contribution is 5.73. The molecular weight excluding hydrogens is 218 g/mol. The summed E-state index contributed by atoms with van der Waals surface area (Å²) in [6.45, 7) is 10.5. The van der Waals surface area contributed by atoms with Gasteiger partial charge in [-0.05, 0) is 12.3 Å². The van der Waals surface area contributed by atoms with Gasteiger partial charge in [0.25, 0.3) is 0 Å². The second-order valence-electron chi connectivity index (χ2n) is 4.26. The van der Waals surface area contributed by atoms with Crippen LogP contribution in [0.25, 0.3) is 0 Å². The van der Waals surface area contributed by atoms with Crippen molar-refractivity contribution < 1.29 is 14.3 Å². The van der Waals surface area contributed by atoms with E-state index in [-0.39, 0.29) is 29.9 Å². The molecule has 98 valence electrons. The van der Waals surface area contributed by atoms with Gasteiger partial charge in [0.1, 0.15) is 6.10 Å². The third-order valence-electron chi connectivity index (χ3n) is 2.60. The number of hydrogen-bond donors (Lipinski definition) is 1. The lowest BCUT2D eigenvalue weighted by Crippen LogP contribution is -2.47. The molecule has 4 heteroatoms. The van der Waals surface area contributed by atoms with Crippen molar-refractivity contribution in [2.45, 2.75) is 52.7 Å². The van der Waals surface area contributed by atoms with E-state index in [9.17, 15) is 9.59 Å². The molecule has 0 saturated heterocycles. The quantitative estimate of drug-likeness (QED) is 0.548. The minimum Gasteiger partial charge on any atom is -0.460 e. The first kappa shape index (κ1) is 15.7. The number of carbonyl (C=O) groups excluding carboxylic acids is 2. The van der Waals surface area contributed by atoms with Gasteiger partial charge < -0.3 is 10.1 Å². The second-order valence-corrected chi connectivity index (χ2v) is 4.26. The van der Waals surface area contributed by atoms with Gasteiger partial charge in [0.2, 0.25) is 5.91 Å². The van der Waals surface area contributed by atoms with Gasteiger partial charge in [-0.2, -0.15) is 0 Å². The minimum atomic E-state index is -0.324. The Morgan fingerprint density at radius 2 is 2.00 bits per heavy atom. The average molecular weight is 241 g/mol. The molecule has 3 atom stereocenters. The van der Waals surface area contributed by atoms with Gasteiger partial charge in [-0.15, -0.1) is 6.58 Å². The molecule has 1 amide bonds. The van der Waals surface area contributed by atoms with Crippen molar-refractivity contribution in [3.05, 3.63) is 12.7 Å². The summed E-state index contributed by atoms with van der Waals surface area (Å²) in [5, 5.41) is 2.83. The van der Waals surface area contributed by atoms with Crippen molar-refractivity contribution in [3.63, 3.8) is 0 Å². The third kappa shape index (κ3) is 6.09. The maximum atomic E-state index is 11.2. The van der Waals surface area contributed by atoms with Crippen molar-refractivity contribution in [2.75, 3.05) is 0 Å². The first-order chi connectivity index (χ1) is 7.92. The minimum absolute atomic E-state index is 0.0507. The van der Waals surface area contributed by atoms with Crippen molar-refractivity contribution in [1.82, 2.24) is 5.32 Å². The van der Waals surface area contributed by atoms with Gasteiger partial charge in [0.15, 0.2) is 0 Å². The summed E-state index contributed by atoms with van der Waals surface area (Å²) in [5.74, 6) is -0.401. The topological polar surface area (TPSA) is 55.4 Å². The van der Waals surface area contributed by atoms with Crippen LogP contribution in [0.15, 0.2) is 12.7 Å². The fraction of sp³-hybridized carbons (Fsp3) is 0.692. The monoisotopic (exact) mass is 241 g/mol. The largest absolute Gasteiger partial charge is 0.460 e. The SMILES string of the molecule is C=C[C@H](C)[C@H](NC(C)=O)[C@@H](CCC)OC(C)=O. The Morgan fingerprint density at radius 1 is 1.41 bits per heavy atom. The van der Waals surface area contributed by atoms with Crippen LogP contribution in [0.1, 0.15) is 40.5 Å². The predicted octanol–water partition coefficient (Wildman–Crippen LogP) is 2.04. The van der Waals surface area contributed by atoms with Crippen LogP contribution >= 0.6 is 0 Å². The number of esters is 1. The summed E-state index contributed by atoms with van der Waals surface area (Å²) in [4.78, 5) is 22.3. The maximum absolute atomic E-state index is 11.2. The Bertz CT molecular complexity index is 276. The molecule has 0 aromatic rings. The van der Waals surface area contributed by atoms with E-state index in [0.29, 0.717) is 0 Å². The molecule has 0 aliphatic rings. The summed E-state index contributed by atoms with van der Waals surface area (Å²) in [7, 11) is 0. The summed E-state index contributed by atoms with van der Waals surface area (Å²) in [6, 6.07) is -0.214. The van der Waals surface area contributed by atoms with Gasteiger partial charge in [-0.25, -0.2) is 0 Å². The van der Waals surface area contributed by atoms with Crippen LogP contribution in [-0.4, -0.2) is 24.0 Å². The normalized spacial score (nSPS) is 15.5. The summed E-state index contributed by atoms with van der Waals surface area (Å²) in [5.41, 5.74) is 0. The lowest BCUT2D eigenvalue weighted by molar-refractivity contribution is -0.149. The average Bonchev–Trinajstić information content (AvgIpc) is 2.23. The molecule has 4 nitrogen and oxygen atoms in total. The van der Waals surface area contributed by atoms with Crippen molar-refractivity contribution in [1.29, 1.82) is 0 Å².